The van der Waals surface area contributed by atoms with E-state index in [2.05, 4.69) is 26.1 Å². The summed E-state index contributed by atoms with van der Waals surface area (Å²) in [5, 5.41) is 12.7. The minimum atomic E-state index is -4.22. The highest BCUT2D eigenvalue weighted by Crippen LogP contribution is 2.40. The molecule has 1 aliphatic rings. The van der Waals surface area contributed by atoms with E-state index in [1.165, 1.54) is 24.3 Å². The van der Waals surface area contributed by atoms with Gasteiger partial charge in [0.2, 0.25) is 5.95 Å². The quantitative estimate of drug-likeness (QED) is 0.313. The molecule has 0 bridgehead atoms. The maximum Gasteiger partial charge on any atom is 0.294 e. The highest BCUT2D eigenvalue weighted by atomic mass is 32.2. The molecule has 0 amide bonds. The van der Waals surface area contributed by atoms with E-state index in [0.29, 0.717) is 23.4 Å². The lowest BCUT2D eigenvalue weighted by Crippen LogP contribution is -2.30. The topological polar surface area (TPSA) is 136 Å². The van der Waals surface area contributed by atoms with Crippen LogP contribution in [-0.4, -0.2) is 40.7 Å². The summed E-state index contributed by atoms with van der Waals surface area (Å²) in [4.78, 5) is 8.83. The lowest BCUT2D eigenvalue weighted by Gasteiger charge is -2.21. The smallest absolute Gasteiger partial charge is 0.294 e. The Hall–Kier alpha value is -2.43. The minimum absolute atomic E-state index is 0.0180. The van der Waals surface area contributed by atoms with Crippen LogP contribution in [0.5, 0.6) is 0 Å². The summed E-state index contributed by atoms with van der Waals surface area (Å²) in [5.41, 5.74) is 7.47. The number of rotatable bonds is 9. The largest absolute Gasteiger partial charge is 0.394 e. The molecule has 1 atom stereocenters. The summed E-state index contributed by atoms with van der Waals surface area (Å²) in [7, 11) is -4.22. The van der Waals surface area contributed by atoms with Crippen LogP contribution in [-0.2, 0) is 10.1 Å². The Morgan fingerprint density at radius 1 is 1.14 bits per heavy atom. The van der Waals surface area contributed by atoms with E-state index < -0.39 is 10.1 Å². The Labute approximate surface area is 164 Å². The predicted octanol–water partition coefficient (Wildman–Crippen LogP) is 2.47. The van der Waals surface area contributed by atoms with Gasteiger partial charge in [-0.3, -0.25) is 15.4 Å². The van der Waals surface area contributed by atoms with Crippen molar-refractivity contribution in [3.8, 4) is 0 Å². The van der Waals surface area contributed by atoms with Gasteiger partial charge in [0.05, 0.1) is 28.9 Å². The van der Waals surface area contributed by atoms with Gasteiger partial charge >= 0.3 is 0 Å². The normalized spacial score (nSPS) is 15.3. The maximum atomic E-state index is 11.1. The second-order valence-electron chi connectivity index (χ2n) is 7.20. The van der Waals surface area contributed by atoms with Crippen LogP contribution in [0, 0.1) is 5.92 Å². The van der Waals surface area contributed by atoms with Crippen LogP contribution in [0.25, 0.3) is 0 Å². The molecule has 1 fully saturated rings. The highest BCUT2D eigenvalue weighted by molar-refractivity contribution is 7.85. The Bertz CT molecular complexity index is 914. The number of aliphatic hydroxyl groups excluding tert-OH is 1. The van der Waals surface area contributed by atoms with E-state index in [4.69, 9.17) is 4.55 Å². The Kier molecular flexibility index (Phi) is 6.01. The molecule has 152 valence electrons. The fraction of sp³-hybridized carbons (Fsp3) is 0.444. The van der Waals surface area contributed by atoms with E-state index in [1.54, 1.807) is 0 Å². The average molecular weight is 407 g/mol. The maximum absolute atomic E-state index is 11.1. The summed E-state index contributed by atoms with van der Waals surface area (Å²) in [6.07, 6.45) is 2.18. The fourth-order valence-corrected chi connectivity index (χ4v) is 3.10. The van der Waals surface area contributed by atoms with Gasteiger partial charge in [-0.25, -0.2) is 4.98 Å². The zero-order valence-corrected chi connectivity index (χ0v) is 16.6. The van der Waals surface area contributed by atoms with Gasteiger partial charge in [-0.1, -0.05) is 13.8 Å². The van der Waals surface area contributed by atoms with Gasteiger partial charge in [-0.05, 0) is 43.0 Å². The highest BCUT2D eigenvalue weighted by Gasteiger charge is 2.26. The first-order chi connectivity index (χ1) is 13.3. The number of hydrogen-bond donors (Lipinski definition) is 5. The van der Waals surface area contributed by atoms with Crippen molar-refractivity contribution in [3.05, 3.63) is 36.0 Å². The molecule has 0 saturated heterocycles. The van der Waals surface area contributed by atoms with Crippen LogP contribution in [0.4, 0.5) is 17.5 Å². The first-order valence-corrected chi connectivity index (χ1v) is 10.6. The zero-order valence-electron chi connectivity index (χ0n) is 15.8. The molecule has 9 nitrogen and oxygen atoms in total. The van der Waals surface area contributed by atoms with Crippen molar-refractivity contribution in [1.29, 1.82) is 0 Å². The second-order valence-corrected chi connectivity index (χ2v) is 8.62. The molecule has 1 aromatic carbocycles. The first kappa shape index (κ1) is 20.3. The molecule has 1 saturated carbocycles. The molecule has 5 N–H and O–H groups in total. The summed E-state index contributed by atoms with van der Waals surface area (Å²) in [5.74, 6) is 1.64. The van der Waals surface area contributed by atoms with Crippen molar-refractivity contribution in [2.45, 2.75) is 43.5 Å². The third-order valence-electron chi connectivity index (χ3n) is 4.54. The standard InChI is InChI=1S/C18H25N5O4S/c1-11(2)16(10-24)20-18-19-15(12-3-4-12)9-17(21-18)23-22-13-5-7-14(8-6-13)28(25,26)27/h5-9,11-12,16,22,24H,3-4,10H2,1-2H3,(H,25,26,27)(H2,19,20,21,23)/t16-/m0/s1. The number of nitrogens with zero attached hydrogens (tertiary/aromatic N) is 2. The monoisotopic (exact) mass is 407 g/mol. The predicted molar refractivity (Wildman–Crippen MR) is 107 cm³/mol. The lowest BCUT2D eigenvalue weighted by molar-refractivity contribution is 0.248. The second kappa shape index (κ2) is 8.29. The minimum Gasteiger partial charge on any atom is -0.394 e. The van der Waals surface area contributed by atoms with Crippen molar-refractivity contribution < 1.29 is 18.1 Å². The first-order valence-electron chi connectivity index (χ1n) is 9.12. The van der Waals surface area contributed by atoms with E-state index in [9.17, 15) is 13.5 Å². The molecule has 1 aliphatic carbocycles. The summed E-state index contributed by atoms with van der Waals surface area (Å²) in [6, 6.07) is 7.37. The van der Waals surface area contributed by atoms with E-state index in [-0.39, 0.29) is 23.5 Å². The lowest BCUT2D eigenvalue weighted by atomic mass is 10.1. The van der Waals surface area contributed by atoms with Crippen LogP contribution >= 0.6 is 0 Å². The van der Waals surface area contributed by atoms with Crippen molar-refractivity contribution in [1.82, 2.24) is 9.97 Å². The Balaban J connectivity index is 1.73. The third kappa shape index (κ3) is 5.31. The van der Waals surface area contributed by atoms with E-state index >= 15 is 0 Å². The van der Waals surface area contributed by atoms with Gasteiger partial charge in [-0.2, -0.15) is 13.4 Å². The molecule has 1 heterocycles. The molecule has 28 heavy (non-hydrogen) atoms. The van der Waals surface area contributed by atoms with Gasteiger partial charge in [0.15, 0.2) is 0 Å². The van der Waals surface area contributed by atoms with Gasteiger partial charge in [0, 0.05) is 12.0 Å². The van der Waals surface area contributed by atoms with Crippen molar-refractivity contribution in [2.75, 3.05) is 22.8 Å². The van der Waals surface area contributed by atoms with Gasteiger partial charge in [-0.15, -0.1) is 0 Å². The fourth-order valence-electron chi connectivity index (χ4n) is 2.62. The van der Waals surface area contributed by atoms with Crippen LogP contribution in [0.1, 0.15) is 38.3 Å². The van der Waals surface area contributed by atoms with Crippen molar-refractivity contribution in [3.63, 3.8) is 0 Å². The molecule has 0 unspecified atom stereocenters. The number of benzene rings is 1. The molecule has 0 aliphatic heterocycles. The van der Waals surface area contributed by atoms with Crippen LogP contribution in [0.2, 0.25) is 0 Å². The van der Waals surface area contributed by atoms with Crippen molar-refractivity contribution in [2.24, 2.45) is 5.92 Å². The van der Waals surface area contributed by atoms with E-state index in [0.717, 1.165) is 18.5 Å². The van der Waals surface area contributed by atoms with Gasteiger partial charge < -0.3 is 10.4 Å². The average Bonchev–Trinajstić information content (AvgIpc) is 3.49. The molecule has 1 aromatic heterocycles. The molecule has 0 spiro atoms. The number of hydrazine groups is 1. The summed E-state index contributed by atoms with van der Waals surface area (Å²) in [6.45, 7) is 4.00. The molecule has 0 radical (unpaired) electrons. The number of aromatic nitrogens is 2. The SMILES string of the molecule is CC(C)[C@H](CO)Nc1nc(NNc2ccc(S(=O)(=O)O)cc2)cc(C2CC2)n1. The zero-order chi connectivity index (χ0) is 20.3. The van der Waals surface area contributed by atoms with Gasteiger partial charge in [0.1, 0.15) is 5.82 Å². The number of anilines is 3. The number of nitrogens with one attached hydrogen (secondary N) is 3. The Morgan fingerprint density at radius 2 is 1.82 bits per heavy atom. The number of aliphatic hydroxyl groups is 1. The molecule has 10 heteroatoms. The molecular formula is C18H25N5O4S. The van der Waals surface area contributed by atoms with Crippen LogP contribution in [0.3, 0.4) is 0 Å². The third-order valence-corrected chi connectivity index (χ3v) is 5.41. The van der Waals surface area contributed by atoms with Crippen LogP contribution < -0.4 is 16.2 Å². The summed E-state index contributed by atoms with van der Waals surface area (Å²) >= 11 is 0. The molecular weight excluding hydrogens is 382 g/mol. The Morgan fingerprint density at radius 3 is 2.36 bits per heavy atom. The number of hydrogen-bond acceptors (Lipinski definition) is 8. The molecule has 2 aromatic rings. The van der Waals surface area contributed by atoms with Gasteiger partial charge in [0.25, 0.3) is 10.1 Å². The van der Waals surface area contributed by atoms with E-state index in [1.807, 2.05) is 19.9 Å². The van der Waals surface area contributed by atoms with Crippen LogP contribution in [0.15, 0.2) is 35.2 Å². The summed E-state index contributed by atoms with van der Waals surface area (Å²) < 4.78 is 31.2. The molecule has 3 rings (SSSR count). The van der Waals surface area contributed by atoms with Crippen molar-refractivity contribution >= 4 is 27.6 Å².